The molecule has 1 fully saturated rings. The molecule has 0 amide bonds. The highest BCUT2D eigenvalue weighted by atomic mass is 19.4. The molecule has 1 atom stereocenters. The Bertz CT molecular complexity index is 418. The molecule has 1 aromatic rings. The van der Waals surface area contributed by atoms with Gasteiger partial charge in [-0.1, -0.05) is 0 Å². The minimum absolute atomic E-state index is 0.0201. The number of hydrogen-bond donors (Lipinski definition) is 0. The van der Waals surface area contributed by atoms with Gasteiger partial charge in [-0.25, -0.2) is 0 Å². The van der Waals surface area contributed by atoms with Crippen LogP contribution < -0.4 is 0 Å². The maximum atomic E-state index is 12.3. The molecule has 1 aromatic heterocycles. The van der Waals surface area contributed by atoms with E-state index in [9.17, 15) is 13.2 Å². The summed E-state index contributed by atoms with van der Waals surface area (Å²) in [5, 5.41) is 6.48. The molecule has 1 aliphatic rings. The lowest BCUT2D eigenvalue weighted by atomic mass is 10.1. The predicted molar refractivity (Wildman–Crippen MR) is 61.3 cm³/mol. The van der Waals surface area contributed by atoms with Crippen LogP contribution in [0.1, 0.15) is 24.6 Å². The van der Waals surface area contributed by atoms with E-state index in [-0.39, 0.29) is 12.4 Å². The van der Waals surface area contributed by atoms with Crippen molar-refractivity contribution in [3.05, 3.63) is 11.8 Å². The third-order valence-electron chi connectivity index (χ3n) is 3.28. The largest absolute Gasteiger partial charge is 0.470 e. The molecule has 0 spiro atoms. The Morgan fingerprint density at radius 2 is 2.11 bits per heavy atom. The molecule has 0 aliphatic carbocycles. The molecule has 5 nitrogen and oxygen atoms in total. The quantitative estimate of drug-likeness (QED) is 0.840. The van der Waals surface area contributed by atoms with Crippen LogP contribution in [-0.2, 0) is 12.7 Å². The van der Waals surface area contributed by atoms with Gasteiger partial charge in [0.2, 0.25) is 5.89 Å². The molecule has 1 unspecified atom stereocenters. The van der Waals surface area contributed by atoms with Crippen molar-refractivity contribution < 1.29 is 17.6 Å². The third-order valence-corrected chi connectivity index (χ3v) is 3.28. The van der Waals surface area contributed by atoms with Gasteiger partial charge in [-0.3, -0.25) is 4.90 Å². The number of alkyl halides is 3. The molecule has 108 valence electrons. The Morgan fingerprint density at radius 3 is 2.68 bits per heavy atom. The van der Waals surface area contributed by atoms with E-state index in [4.69, 9.17) is 0 Å². The van der Waals surface area contributed by atoms with E-state index in [1.165, 1.54) is 0 Å². The van der Waals surface area contributed by atoms with Gasteiger partial charge in [0, 0.05) is 12.6 Å². The summed E-state index contributed by atoms with van der Waals surface area (Å²) in [6.07, 6.45) is -2.45. The maximum absolute atomic E-state index is 12.3. The van der Waals surface area contributed by atoms with Crippen molar-refractivity contribution in [2.45, 2.75) is 31.6 Å². The number of halogens is 3. The van der Waals surface area contributed by atoms with E-state index < -0.39 is 12.1 Å². The molecule has 0 N–H and O–H groups in total. The maximum Gasteiger partial charge on any atom is 0.470 e. The molecule has 0 radical (unpaired) electrons. The highest BCUT2D eigenvalue weighted by Gasteiger charge is 2.38. The fourth-order valence-electron chi connectivity index (χ4n) is 2.22. The van der Waals surface area contributed by atoms with Crippen LogP contribution in [0.25, 0.3) is 0 Å². The van der Waals surface area contributed by atoms with E-state index >= 15 is 0 Å². The van der Waals surface area contributed by atoms with Crippen LogP contribution in [-0.4, -0.2) is 53.2 Å². The number of nitrogens with zero attached hydrogens (tertiary/aromatic N) is 4. The van der Waals surface area contributed by atoms with Crippen molar-refractivity contribution in [3.8, 4) is 0 Å². The average molecular weight is 278 g/mol. The minimum Gasteiger partial charge on any atom is -0.416 e. The predicted octanol–water partition coefficient (Wildman–Crippen LogP) is 1.61. The van der Waals surface area contributed by atoms with Crippen LogP contribution in [0.3, 0.4) is 0 Å². The van der Waals surface area contributed by atoms with Crippen molar-refractivity contribution in [2.24, 2.45) is 0 Å². The first kappa shape index (κ1) is 14.3. The lowest BCUT2D eigenvalue weighted by Gasteiger charge is -2.35. The number of rotatable bonds is 3. The van der Waals surface area contributed by atoms with Gasteiger partial charge in [-0.05, 0) is 33.5 Å². The molecule has 0 bridgehead atoms. The van der Waals surface area contributed by atoms with Crippen molar-refractivity contribution in [3.63, 3.8) is 0 Å². The second-order valence-electron chi connectivity index (χ2n) is 4.99. The third kappa shape index (κ3) is 3.66. The first-order chi connectivity index (χ1) is 8.86. The zero-order valence-electron chi connectivity index (χ0n) is 10.9. The summed E-state index contributed by atoms with van der Waals surface area (Å²) in [4.78, 5) is 4.17. The van der Waals surface area contributed by atoms with Crippen LogP contribution in [0.4, 0.5) is 13.2 Å². The Balaban J connectivity index is 1.95. The van der Waals surface area contributed by atoms with E-state index in [0.29, 0.717) is 6.04 Å². The lowest BCUT2D eigenvalue weighted by molar-refractivity contribution is -0.157. The van der Waals surface area contributed by atoms with Crippen molar-refractivity contribution in [2.75, 3.05) is 27.2 Å². The highest BCUT2D eigenvalue weighted by Crippen LogP contribution is 2.28. The van der Waals surface area contributed by atoms with Gasteiger partial charge in [0.1, 0.15) is 0 Å². The number of likely N-dealkylation sites (tertiary alicyclic amines) is 1. The van der Waals surface area contributed by atoms with Crippen LogP contribution in [0.15, 0.2) is 4.42 Å². The summed E-state index contributed by atoms with van der Waals surface area (Å²) in [6.45, 7) is 1.91. The van der Waals surface area contributed by atoms with Crippen LogP contribution >= 0.6 is 0 Å². The molecular weight excluding hydrogens is 261 g/mol. The number of hydrogen-bond acceptors (Lipinski definition) is 5. The Labute approximate surface area is 109 Å². The SMILES string of the molecule is CN(C)C1CCCN(Cc2nnc(C(F)(F)F)o2)C1. The highest BCUT2D eigenvalue weighted by molar-refractivity contribution is 4.88. The summed E-state index contributed by atoms with van der Waals surface area (Å²) >= 11 is 0. The first-order valence-corrected chi connectivity index (χ1v) is 6.14. The summed E-state index contributed by atoms with van der Waals surface area (Å²) in [6, 6.07) is 0.416. The second-order valence-corrected chi connectivity index (χ2v) is 4.99. The van der Waals surface area contributed by atoms with Gasteiger partial charge in [0.25, 0.3) is 0 Å². The van der Waals surface area contributed by atoms with Crippen molar-refractivity contribution >= 4 is 0 Å². The number of likely N-dealkylation sites (N-methyl/N-ethyl adjacent to an activating group) is 1. The first-order valence-electron chi connectivity index (χ1n) is 6.14. The summed E-state index contributed by atoms with van der Waals surface area (Å²) in [7, 11) is 4.01. The molecule has 0 saturated carbocycles. The minimum atomic E-state index is -4.57. The number of piperidine rings is 1. The summed E-state index contributed by atoms with van der Waals surface area (Å²) in [5.41, 5.74) is 0. The van der Waals surface area contributed by atoms with E-state index in [2.05, 4.69) is 19.5 Å². The lowest BCUT2D eigenvalue weighted by Crippen LogP contribution is -2.44. The standard InChI is InChI=1S/C11H17F3N4O/c1-17(2)8-4-3-5-18(6-8)7-9-15-16-10(19-9)11(12,13)14/h8H,3-7H2,1-2H3. The van der Waals surface area contributed by atoms with Gasteiger partial charge >= 0.3 is 12.1 Å². The molecule has 2 rings (SSSR count). The van der Waals surface area contributed by atoms with Crippen LogP contribution in [0, 0.1) is 0 Å². The Hall–Kier alpha value is -1.15. The molecule has 19 heavy (non-hydrogen) atoms. The van der Waals surface area contributed by atoms with Gasteiger partial charge in [-0.15, -0.1) is 10.2 Å². The fraction of sp³-hybridized carbons (Fsp3) is 0.818. The molecule has 1 saturated heterocycles. The molecule has 0 aromatic carbocycles. The zero-order chi connectivity index (χ0) is 14.0. The van der Waals surface area contributed by atoms with E-state index in [1.807, 2.05) is 19.0 Å². The normalized spacial score (nSPS) is 22.1. The summed E-state index contributed by atoms with van der Waals surface area (Å²) < 4.78 is 41.6. The molecule has 2 heterocycles. The van der Waals surface area contributed by atoms with Gasteiger partial charge in [-0.2, -0.15) is 13.2 Å². The average Bonchev–Trinajstić information content (AvgIpc) is 2.77. The van der Waals surface area contributed by atoms with Gasteiger partial charge < -0.3 is 9.32 Å². The van der Waals surface area contributed by atoms with Crippen molar-refractivity contribution in [1.82, 2.24) is 20.0 Å². The van der Waals surface area contributed by atoms with E-state index in [0.717, 1.165) is 25.9 Å². The molecular formula is C11H17F3N4O. The second kappa shape index (κ2) is 5.46. The van der Waals surface area contributed by atoms with Crippen molar-refractivity contribution in [1.29, 1.82) is 0 Å². The molecule has 1 aliphatic heterocycles. The monoisotopic (exact) mass is 278 g/mol. The Kier molecular flexibility index (Phi) is 4.10. The smallest absolute Gasteiger partial charge is 0.416 e. The topological polar surface area (TPSA) is 45.4 Å². The number of aromatic nitrogens is 2. The fourth-order valence-corrected chi connectivity index (χ4v) is 2.22. The van der Waals surface area contributed by atoms with Crippen LogP contribution in [0.2, 0.25) is 0 Å². The molecule has 8 heteroatoms. The Morgan fingerprint density at radius 1 is 1.37 bits per heavy atom. The van der Waals surface area contributed by atoms with E-state index in [1.54, 1.807) is 0 Å². The van der Waals surface area contributed by atoms with Crippen LogP contribution in [0.5, 0.6) is 0 Å². The van der Waals surface area contributed by atoms with Gasteiger partial charge in [0.05, 0.1) is 6.54 Å². The van der Waals surface area contributed by atoms with Gasteiger partial charge in [0.15, 0.2) is 0 Å². The summed E-state index contributed by atoms with van der Waals surface area (Å²) in [5.74, 6) is -1.25. The zero-order valence-corrected chi connectivity index (χ0v) is 10.9.